The Morgan fingerprint density at radius 1 is 1.50 bits per heavy atom. The lowest BCUT2D eigenvalue weighted by atomic mass is 9.95. The van der Waals surface area contributed by atoms with E-state index in [-0.39, 0.29) is 6.61 Å². The third-order valence-corrected chi connectivity index (χ3v) is 4.17. The van der Waals surface area contributed by atoms with Gasteiger partial charge in [-0.2, -0.15) is 0 Å². The van der Waals surface area contributed by atoms with E-state index in [1.54, 1.807) is 25.1 Å². The highest BCUT2D eigenvalue weighted by Crippen LogP contribution is 2.35. The summed E-state index contributed by atoms with van der Waals surface area (Å²) in [4.78, 5) is 12.3. The van der Waals surface area contributed by atoms with E-state index in [9.17, 15) is 4.79 Å². The topological polar surface area (TPSA) is 50.4 Å². The first-order valence-corrected chi connectivity index (χ1v) is 7.62. The maximum absolute atomic E-state index is 12.3. The van der Waals surface area contributed by atoms with Crippen molar-refractivity contribution in [2.75, 3.05) is 6.61 Å². The van der Waals surface area contributed by atoms with Gasteiger partial charge in [-0.25, -0.2) is 4.79 Å². The number of hydrogen-bond acceptors (Lipinski definition) is 3. The minimum Gasteiger partial charge on any atom is -0.458 e. The highest BCUT2D eigenvalue weighted by Gasteiger charge is 2.32. The molecule has 0 amide bonds. The molecule has 1 heterocycles. The molecule has 0 saturated heterocycles. The molecular formula is C15H14Cl2N2O2S. The van der Waals surface area contributed by atoms with Gasteiger partial charge in [-0.3, -0.25) is 0 Å². The SMILES string of the molecule is C=CCOC(=O)C1=C(C)NC(=S)N[C@@H]1c1cccc(Cl)c1Cl. The highest BCUT2D eigenvalue weighted by atomic mass is 35.5. The van der Waals surface area contributed by atoms with E-state index in [2.05, 4.69) is 17.2 Å². The van der Waals surface area contributed by atoms with Crippen molar-refractivity contribution in [2.24, 2.45) is 0 Å². The molecule has 0 fully saturated rings. The Morgan fingerprint density at radius 3 is 2.91 bits per heavy atom. The van der Waals surface area contributed by atoms with E-state index in [0.29, 0.717) is 32.0 Å². The molecule has 0 spiro atoms. The van der Waals surface area contributed by atoms with Crippen molar-refractivity contribution in [1.29, 1.82) is 0 Å². The van der Waals surface area contributed by atoms with Crippen molar-refractivity contribution in [3.05, 3.63) is 57.7 Å². The maximum atomic E-state index is 12.3. The molecule has 2 N–H and O–H groups in total. The summed E-state index contributed by atoms with van der Waals surface area (Å²) in [5.74, 6) is -0.471. The van der Waals surface area contributed by atoms with Gasteiger partial charge in [-0.1, -0.05) is 48.0 Å². The van der Waals surface area contributed by atoms with Crippen LogP contribution in [0.4, 0.5) is 0 Å². The summed E-state index contributed by atoms with van der Waals surface area (Å²) in [6.07, 6.45) is 1.50. The summed E-state index contributed by atoms with van der Waals surface area (Å²) < 4.78 is 5.14. The number of benzene rings is 1. The number of nitrogens with one attached hydrogen (secondary N) is 2. The Kier molecular flexibility index (Phi) is 5.45. The molecule has 0 aromatic heterocycles. The number of halogens is 2. The van der Waals surface area contributed by atoms with Crippen LogP contribution >= 0.6 is 35.4 Å². The molecule has 116 valence electrons. The highest BCUT2D eigenvalue weighted by molar-refractivity contribution is 7.80. The number of rotatable bonds is 4. The summed E-state index contributed by atoms with van der Waals surface area (Å²) >= 11 is 17.5. The van der Waals surface area contributed by atoms with Gasteiger partial charge in [0, 0.05) is 5.70 Å². The Bertz CT molecular complexity index is 674. The number of ether oxygens (including phenoxy) is 1. The van der Waals surface area contributed by atoms with Crippen LogP contribution in [0.1, 0.15) is 18.5 Å². The van der Waals surface area contributed by atoms with Crippen molar-refractivity contribution in [3.8, 4) is 0 Å². The van der Waals surface area contributed by atoms with Crippen LogP contribution < -0.4 is 10.6 Å². The first-order valence-electron chi connectivity index (χ1n) is 6.46. The summed E-state index contributed by atoms with van der Waals surface area (Å²) in [7, 11) is 0. The van der Waals surface area contributed by atoms with Crippen molar-refractivity contribution >= 4 is 46.5 Å². The van der Waals surface area contributed by atoms with Gasteiger partial charge < -0.3 is 15.4 Å². The van der Waals surface area contributed by atoms with E-state index >= 15 is 0 Å². The fraction of sp³-hybridized carbons (Fsp3) is 0.200. The first kappa shape index (κ1) is 16.8. The van der Waals surface area contributed by atoms with Gasteiger partial charge in [0.05, 0.1) is 21.7 Å². The molecule has 1 aliphatic rings. The summed E-state index contributed by atoms with van der Waals surface area (Å²) in [6, 6.07) is 4.70. The van der Waals surface area contributed by atoms with Crippen LogP contribution in [0.5, 0.6) is 0 Å². The van der Waals surface area contributed by atoms with Gasteiger partial charge in [-0.05, 0) is 30.8 Å². The molecule has 0 saturated carbocycles. The minimum absolute atomic E-state index is 0.121. The third kappa shape index (κ3) is 3.43. The molecule has 0 unspecified atom stereocenters. The fourth-order valence-corrected chi connectivity index (χ4v) is 2.84. The average molecular weight is 357 g/mol. The maximum Gasteiger partial charge on any atom is 0.338 e. The number of hydrogen-bond donors (Lipinski definition) is 2. The minimum atomic E-state index is -0.530. The molecule has 1 aromatic rings. The predicted molar refractivity (Wildman–Crippen MR) is 91.9 cm³/mol. The van der Waals surface area contributed by atoms with E-state index in [4.69, 9.17) is 40.2 Å². The molecule has 7 heteroatoms. The smallest absolute Gasteiger partial charge is 0.338 e. The van der Waals surface area contributed by atoms with Crippen molar-refractivity contribution in [2.45, 2.75) is 13.0 Å². The van der Waals surface area contributed by atoms with Gasteiger partial charge >= 0.3 is 5.97 Å². The van der Waals surface area contributed by atoms with Crippen molar-refractivity contribution in [3.63, 3.8) is 0 Å². The first-order chi connectivity index (χ1) is 10.5. The fourth-order valence-electron chi connectivity index (χ4n) is 2.15. The van der Waals surface area contributed by atoms with E-state index in [1.807, 2.05) is 0 Å². The molecule has 22 heavy (non-hydrogen) atoms. The monoisotopic (exact) mass is 356 g/mol. The molecule has 0 radical (unpaired) electrons. The molecule has 4 nitrogen and oxygen atoms in total. The lowest BCUT2D eigenvalue weighted by Crippen LogP contribution is -2.45. The number of thiocarbonyl (C=S) groups is 1. The second kappa shape index (κ2) is 7.13. The molecule has 0 aliphatic carbocycles. The van der Waals surface area contributed by atoms with Crippen molar-refractivity contribution < 1.29 is 9.53 Å². The molecule has 1 aromatic carbocycles. The summed E-state index contributed by atoms with van der Waals surface area (Å²) in [5, 5.41) is 7.12. The second-order valence-electron chi connectivity index (χ2n) is 4.60. The number of esters is 1. The summed E-state index contributed by atoms with van der Waals surface area (Å²) in [6.45, 7) is 5.40. The Balaban J connectivity index is 2.48. The van der Waals surface area contributed by atoms with Crippen LogP contribution in [-0.2, 0) is 9.53 Å². The third-order valence-electron chi connectivity index (χ3n) is 3.11. The Hall–Kier alpha value is -1.56. The Labute approximate surface area is 144 Å². The Morgan fingerprint density at radius 2 is 2.23 bits per heavy atom. The molecule has 1 aliphatic heterocycles. The molecule has 0 bridgehead atoms. The lowest BCUT2D eigenvalue weighted by molar-refractivity contribution is -0.138. The normalized spacial score (nSPS) is 17.6. The zero-order valence-electron chi connectivity index (χ0n) is 11.8. The van der Waals surface area contributed by atoms with Gasteiger partial charge in [0.25, 0.3) is 0 Å². The van der Waals surface area contributed by atoms with Crippen LogP contribution in [0.25, 0.3) is 0 Å². The van der Waals surface area contributed by atoms with Crippen LogP contribution in [0.2, 0.25) is 10.0 Å². The largest absolute Gasteiger partial charge is 0.458 e. The number of carbonyl (C=O) groups is 1. The van der Waals surface area contributed by atoms with Crippen LogP contribution in [0.3, 0.4) is 0 Å². The van der Waals surface area contributed by atoms with Crippen molar-refractivity contribution in [1.82, 2.24) is 10.6 Å². The predicted octanol–water partition coefficient (Wildman–Crippen LogP) is 3.52. The van der Waals surface area contributed by atoms with E-state index in [0.717, 1.165) is 0 Å². The molecule has 2 rings (SSSR count). The lowest BCUT2D eigenvalue weighted by Gasteiger charge is -2.30. The average Bonchev–Trinajstić information content (AvgIpc) is 2.46. The van der Waals surface area contributed by atoms with Gasteiger partial charge in [-0.15, -0.1) is 0 Å². The zero-order chi connectivity index (χ0) is 16.3. The van der Waals surface area contributed by atoms with E-state index < -0.39 is 12.0 Å². The summed E-state index contributed by atoms with van der Waals surface area (Å²) in [5.41, 5.74) is 1.67. The van der Waals surface area contributed by atoms with Crippen LogP contribution in [0.15, 0.2) is 42.1 Å². The standard InChI is InChI=1S/C15H14Cl2N2O2S/c1-3-7-21-14(20)11-8(2)18-15(22)19-13(11)9-5-4-6-10(16)12(9)17/h3-6,13H,1,7H2,2H3,(H2,18,19,22)/t13-/m1/s1. The van der Waals surface area contributed by atoms with Gasteiger partial charge in [0.15, 0.2) is 5.11 Å². The van der Waals surface area contributed by atoms with Gasteiger partial charge in [0.2, 0.25) is 0 Å². The van der Waals surface area contributed by atoms with E-state index in [1.165, 1.54) is 6.08 Å². The zero-order valence-corrected chi connectivity index (χ0v) is 14.1. The van der Waals surface area contributed by atoms with Crippen LogP contribution in [-0.4, -0.2) is 17.7 Å². The second-order valence-corrected chi connectivity index (χ2v) is 5.79. The molecular weight excluding hydrogens is 343 g/mol. The number of allylic oxidation sites excluding steroid dienone is 1. The van der Waals surface area contributed by atoms with Gasteiger partial charge in [0.1, 0.15) is 6.61 Å². The van der Waals surface area contributed by atoms with Crippen LogP contribution in [0, 0.1) is 0 Å². The molecule has 1 atom stereocenters. The number of carbonyl (C=O) groups excluding carboxylic acids is 1. The quantitative estimate of drug-likeness (QED) is 0.491.